The van der Waals surface area contributed by atoms with Crippen molar-refractivity contribution in [3.05, 3.63) is 52.3 Å². The lowest BCUT2D eigenvalue weighted by molar-refractivity contribution is -0.128. The van der Waals surface area contributed by atoms with Crippen LogP contribution in [0.25, 0.3) is 0 Å². The molecule has 0 spiro atoms. The molecule has 0 radical (unpaired) electrons. The Morgan fingerprint density at radius 2 is 1.67 bits per heavy atom. The number of carbonyl (C=O) groups is 1. The highest BCUT2D eigenvalue weighted by atomic mass is 35.5. The van der Waals surface area contributed by atoms with E-state index in [0.717, 1.165) is 6.07 Å². The molecule has 0 aliphatic heterocycles. The molecule has 0 bridgehead atoms. The average molecular weight is 451 g/mol. The van der Waals surface area contributed by atoms with Crippen LogP contribution in [0, 0.1) is 5.82 Å². The van der Waals surface area contributed by atoms with E-state index in [0.29, 0.717) is 9.92 Å². The Morgan fingerprint density at radius 3 is 2.26 bits per heavy atom. The summed E-state index contributed by atoms with van der Waals surface area (Å²) in [4.78, 5) is 13.3. The van der Waals surface area contributed by atoms with Crippen molar-refractivity contribution < 1.29 is 17.6 Å². The van der Waals surface area contributed by atoms with Gasteiger partial charge < -0.3 is 4.90 Å². The van der Waals surface area contributed by atoms with Crippen molar-refractivity contribution in [2.75, 3.05) is 24.6 Å². The van der Waals surface area contributed by atoms with Crippen LogP contribution in [0.15, 0.2) is 46.2 Å². The fraction of sp³-hybridized carbons (Fsp3) is 0.235. The molecule has 27 heavy (non-hydrogen) atoms. The van der Waals surface area contributed by atoms with Gasteiger partial charge in [0.1, 0.15) is 5.82 Å². The molecule has 0 saturated heterocycles. The molecule has 0 aliphatic rings. The van der Waals surface area contributed by atoms with Gasteiger partial charge in [0.25, 0.3) is 0 Å². The average Bonchev–Trinajstić information content (AvgIpc) is 2.59. The summed E-state index contributed by atoms with van der Waals surface area (Å²) in [6.07, 6.45) is 0.0938. The van der Waals surface area contributed by atoms with Gasteiger partial charge in [0, 0.05) is 36.3 Å². The van der Waals surface area contributed by atoms with Crippen LogP contribution in [0.5, 0.6) is 0 Å². The Bertz CT molecular complexity index is 910. The molecule has 0 fully saturated rings. The second-order valence-corrected chi connectivity index (χ2v) is 9.27. The number of anilines is 1. The number of carbonyl (C=O) groups excluding carboxylic acids is 1. The molecule has 10 heteroatoms. The summed E-state index contributed by atoms with van der Waals surface area (Å²) in [6.45, 7) is 0. The molecule has 2 rings (SSSR count). The molecular formula is C17H17Cl2FN2O3S2. The topological polar surface area (TPSA) is 66.5 Å². The molecule has 0 heterocycles. The van der Waals surface area contributed by atoms with Crippen molar-refractivity contribution in [2.45, 2.75) is 16.2 Å². The molecular weight excluding hydrogens is 434 g/mol. The maximum Gasteiger partial charge on any atom is 0.222 e. The van der Waals surface area contributed by atoms with Gasteiger partial charge in [0.15, 0.2) is 11.0 Å². The monoisotopic (exact) mass is 450 g/mol. The van der Waals surface area contributed by atoms with Crippen molar-refractivity contribution in [1.29, 1.82) is 0 Å². The van der Waals surface area contributed by atoms with Crippen LogP contribution >= 0.6 is 23.2 Å². The van der Waals surface area contributed by atoms with E-state index >= 15 is 0 Å². The SMILES string of the molecule is CN(C)C(=O)CCS(=O)c1ccc(Cl)cc1NS(=O)c1ccc(Cl)cc1F. The van der Waals surface area contributed by atoms with Crippen LogP contribution in [-0.2, 0) is 26.6 Å². The second kappa shape index (κ2) is 9.64. The number of amides is 1. The van der Waals surface area contributed by atoms with E-state index in [1.54, 1.807) is 20.2 Å². The molecule has 0 aliphatic carbocycles. The molecule has 2 unspecified atom stereocenters. The molecule has 0 aromatic heterocycles. The molecule has 146 valence electrons. The van der Waals surface area contributed by atoms with Gasteiger partial charge in [-0.1, -0.05) is 23.2 Å². The van der Waals surface area contributed by atoms with Gasteiger partial charge in [0.2, 0.25) is 5.91 Å². The highest BCUT2D eigenvalue weighted by Gasteiger charge is 2.17. The molecule has 2 atom stereocenters. The second-order valence-electron chi connectivity index (χ2n) is 5.67. The first-order valence-electron chi connectivity index (χ1n) is 7.70. The standard InChI is InChI=1S/C17H17Cl2FN2O3S2/c1-22(2)17(23)7-8-26(24)16-6-4-12(19)10-14(16)21-27(25)15-5-3-11(18)9-13(15)20/h3-6,9-10,21H,7-8H2,1-2H3. The van der Waals surface area contributed by atoms with E-state index in [2.05, 4.69) is 4.72 Å². The number of rotatable bonds is 7. The third-order valence-corrected chi connectivity index (χ3v) is 6.51. The summed E-state index contributed by atoms with van der Waals surface area (Å²) in [5.74, 6) is -0.789. The van der Waals surface area contributed by atoms with Crippen molar-refractivity contribution >= 4 is 56.6 Å². The van der Waals surface area contributed by atoms with E-state index < -0.39 is 27.6 Å². The van der Waals surface area contributed by atoms with Gasteiger partial charge in [-0.2, -0.15) is 0 Å². The zero-order chi connectivity index (χ0) is 20.1. The zero-order valence-electron chi connectivity index (χ0n) is 14.5. The van der Waals surface area contributed by atoms with Gasteiger partial charge in [-0.3, -0.25) is 13.7 Å². The van der Waals surface area contributed by atoms with Crippen LogP contribution < -0.4 is 4.72 Å². The lowest BCUT2D eigenvalue weighted by Crippen LogP contribution is -2.23. The van der Waals surface area contributed by atoms with E-state index in [-0.39, 0.29) is 33.7 Å². The van der Waals surface area contributed by atoms with Crippen molar-refractivity contribution in [1.82, 2.24) is 4.90 Å². The third-order valence-electron chi connectivity index (χ3n) is 3.48. The quantitative estimate of drug-likeness (QED) is 0.696. The first-order chi connectivity index (χ1) is 12.7. The first kappa shape index (κ1) is 21.8. The van der Waals surface area contributed by atoms with Crippen LogP contribution in [0.3, 0.4) is 0 Å². The normalized spacial score (nSPS) is 13.1. The van der Waals surface area contributed by atoms with Gasteiger partial charge in [0.05, 0.1) is 26.3 Å². The predicted octanol–water partition coefficient (Wildman–Crippen LogP) is 3.85. The van der Waals surface area contributed by atoms with E-state index in [4.69, 9.17) is 23.2 Å². The third kappa shape index (κ3) is 6.00. The Hall–Kier alpha value is -1.48. The summed E-state index contributed by atoms with van der Waals surface area (Å²) in [5.41, 5.74) is 0.241. The van der Waals surface area contributed by atoms with E-state index in [1.807, 2.05) is 0 Å². The van der Waals surface area contributed by atoms with Crippen molar-refractivity contribution in [3.8, 4) is 0 Å². The molecule has 1 amide bonds. The molecule has 2 aromatic carbocycles. The number of benzene rings is 2. The number of halogens is 3. The number of nitrogens with zero attached hydrogens (tertiary/aromatic N) is 1. The smallest absolute Gasteiger partial charge is 0.222 e. The Balaban J connectivity index is 2.23. The zero-order valence-corrected chi connectivity index (χ0v) is 17.6. The number of nitrogens with one attached hydrogen (secondary N) is 1. The Kier molecular flexibility index (Phi) is 7.79. The Morgan fingerprint density at radius 1 is 1.07 bits per heavy atom. The Labute approximate surface area is 171 Å². The maximum atomic E-state index is 14.0. The van der Waals surface area contributed by atoms with Gasteiger partial charge in [-0.05, 0) is 36.4 Å². The van der Waals surface area contributed by atoms with Crippen LogP contribution in [0.1, 0.15) is 6.42 Å². The van der Waals surface area contributed by atoms with Gasteiger partial charge in [-0.15, -0.1) is 0 Å². The van der Waals surface area contributed by atoms with Crippen molar-refractivity contribution in [2.24, 2.45) is 0 Å². The highest BCUT2D eigenvalue weighted by Crippen LogP contribution is 2.27. The minimum absolute atomic E-state index is 0.0925. The molecule has 5 nitrogen and oxygen atoms in total. The first-order valence-corrected chi connectivity index (χ1v) is 10.9. The summed E-state index contributed by atoms with van der Waals surface area (Å²) >= 11 is 11.7. The molecule has 1 N–H and O–H groups in total. The largest absolute Gasteiger partial charge is 0.349 e. The lowest BCUT2D eigenvalue weighted by Gasteiger charge is -2.13. The predicted molar refractivity (Wildman–Crippen MR) is 107 cm³/mol. The summed E-state index contributed by atoms with van der Waals surface area (Å²) < 4.78 is 41.7. The van der Waals surface area contributed by atoms with Gasteiger partial charge in [-0.25, -0.2) is 8.60 Å². The maximum absolute atomic E-state index is 14.0. The van der Waals surface area contributed by atoms with E-state index in [1.165, 1.54) is 29.2 Å². The van der Waals surface area contributed by atoms with Gasteiger partial charge >= 0.3 is 0 Å². The van der Waals surface area contributed by atoms with Crippen LogP contribution in [0.4, 0.5) is 10.1 Å². The summed E-state index contributed by atoms with van der Waals surface area (Å²) in [6, 6.07) is 8.30. The van der Waals surface area contributed by atoms with Crippen molar-refractivity contribution in [3.63, 3.8) is 0 Å². The fourth-order valence-electron chi connectivity index (χ4n) is 2.07. The molecule has 0 saturated carbocycles. The summed E-state index contributed by atoms with van der Waals surface area (Å²) in [5, 5.41) is 0.513. The molecule has 2 aromatic rings. The number of hydrogen-bond donors (Lipinski definition) is 1. The highest BCUT2D eigenvalue weighted by molar-refractivity contribution is 7.87. The summed E-state index contributed by atoms with van der Waals surface area (Å²) in [7, 11) is -0.271. The minimum Gasteiger partial charge on any atom is -0.349 e. The van der Waals surface area contributed by atoms with E-state index in [9.17, 15) is 17.6 Å². The fourth-order valence-corrected chi connectivity index (χ4v) is 4.53. The minimum atomic E-state index is -1.96. The van der Waals surface area contributed by atoms with Crippen LogP contribution in [0.2, 0.25) is 10.0 Å². The number of hydrogen-bond acceptors (Lipinski definition) is 3. The van der Waals surface area contributed by atoms with Crippen LogP contribution in [-0.4, -0.2) is 39.1 Å². The lowest BCUT2D eigenvalue weighted by atomic mass is 10.3.